The fourth-order valence-corrected chi connectivity index (χ4v) is 1.97. The summed E-state index contributed by atoms with van der Waals surface area (Å²) in [6.45, 7) is 8.11. The second-order valence-corrected chi connectivity index (χ2v) is 4.09. The van der Waals surface area contributed by atoms with Gasteiger partial charge in [-0.05, 0) is 43.4 Å². The van der Waals surface area contributed by atoms with Gasteiger partial charge >= 0.3 is 0 Å². The van der Waals surface area contributed by atoms with Gasteiger partial charge in [-0.2, -0.15) is 0 Å². The molecule has 14 heavy (non-hydrogen) atoms. The molecule has 1 heteroatoms. The molecule has 1 atom stereocenters. The minimum absolute atomic E-state index is 0.684. The number of rotatable bonds is 3. The lowest BCUT2D eigenvalue weighted by Gasteiger charge is -2.26. The second kappa shape index (κ2) is 4.14. The highest BCUT2D eigenvalue weighted by Gasteiger charge is 2.24. The maximum atomic E-state index is 10.3. The summed E-state index contributed by atoms with van der Waals surface area (Å²) in [5.41, 5.74) is 2.88. The summed E-state index contributed by atoms with van der Waals surface area (Å²) in [5.74, 6) is 0. The molecule has 1 aromatic carbocycles. The molecule has 78 valence electrons. The van der Waals surface area contributed by atoms with Crippen molar-refractivity contribution >= 4 is 0 Å². The molecule has 0 aliphatic rings. The van der Waals surface area contributed by atoms with Crippen molar-refractivity contribution in [2.45, 2.75) is 46.1 Å². The molecule has 1 N–H and O–H groups in total. The quantitative estimate of drug-likeness (QED) is 0.780. The van der Waals surface area contributed by atoms with Crippen LogP contribution in [0.2, 0.25) is 0 Å². The smallest absolute Gasteiger partial charge is 0.0871 e. The van der Waals surface area contributed by atoms with Gasteiger partial charge in [0.05, 0.1) is 5.60 Å². The summed E-state index contributed by atoms with van der Waals surface area (Å²) in [6, 6.07) is 6.23. The molecule has 0 heterocycles. The van der Waals surface area contributed by atoms with E-state index in [-0.39, 0.29) is 0 Å². The molecular weight excluding hydrogens is 172 g/mol. The van der Waals surface area contributed by atoms with Crippen LogP contribution in [0.15, 0.2) is 18.2 Å². The zero-order chi connectivity index (χ0) is 10.8. The highest BCUT2D eigenvalue weighted by atomic mass is 16.3. The van der Waals surface area contributed by atoms with Gasteiger partial charge in [-0.3, -0.25) is 0 Å². The predicted molar refractivity (Wildman–Crippen MR) is 60.4 cm³/mol. The zero-order valence-corrected chi connectivity index (χ0v) is 9.59. The zero-order valence-electron chi connectivity index (χ0n) is 9.59. The van der Waals surface area contributed by atoms with Crippen LogP contribution in [-0.4, -0.2) is 5.11 Å². The number of aliphatic hydroxyl groups is 1. The molecule has 1 unspecified atom stereocenters. The van der Waals surface area contributed by atoms with Gasteiger partial charge in [-0.15, -0.1) is 0 Å². The molecule has 0 spiro atoms. The molecule has 0 amide bonds. The minimum atomic E-state index is -0.684. The van der Waals surface area contributed by atoms with Crippen LogP contribution in [0.25, 0.3) is 0 Å². The van der Waals surface area contributed by atoms with E-state index < -0.39 is 5.60 Å². The van der Waals surface area contributed by atoms with Gasteiger partial charge in [0.15, 0.2) is 0 Å². The first-order valence-corrected chi connectivity index (χ1v) is 5.34. The molecule has 1 aromatic rings. The molecule has 0 saturated carbocycles. The van der Waals surface area contributed by atoms with Crippen molar-refractivity contribution in [2.75, 3.05) is 0 Å². The minimum Gasteiger partial charge on any atom is -0.385 e. The molecule has 0 aromatic heterocycles. The monoisotopic (exact) mass is 192 g/mol. The van der Waals surface area contributed by atoms with Gasteiger partial charge in [-0.25, -0.2) is 0 Å². The van der Waals surface area contributed by atoms with Gasteiger partial charge in [0.2, 0.25) is 0 Å². The maximum Gasteiger partial charge on any atom is 0.0871 e. The largest absolute Gasteiger partial charge is 0.385 e. The first-order chi connectivity index (χ1) is 6.53. The molecular formula is C13H20O. The van der Waals surface area contributed by atoms with Crippen LogP contribution in [0.3, 0.4) is 0 Å². The second-order valence-electron chi connectivity index (χ2n) is 4.09. The van der Waals surface area contributed by atoms with Crippen LogP contribution >= 0.6 is 0 Å². The summed E-state index contributed by atoms with van der Waals surface area (Å²) in [4.78, 5) is 0. The number of benzene rings is 1. The van der Waals surface area contributed by atoms with Gasteiger partial charge < -0.3 is 5.11 Å². The Morgan fingerprint density at radius 1 is 1.29 bits per heavy atom. The van der Waals surface area contributed by atoms with E-state index in [1.165, 1.54) is 11.1 Å². The lowest BCUT2D eigenvalue weighted by atomic mass is 9.85. The van der Waals surface area contributed by atoms with Crippen molar-refractivity contribution in [2.24, 2.45) is 0 Å². The molecule has 1 nitrogen and oxygen atoms in total. The number of aryl methyl sites for hydroxylation is 2. The predicted octanol–water partition coefficient (Wildman–Crippen LogP) is 3.17. The average molecular weight is 192 g/mol. The normalized spacial score (nSPS) is 15.2. The third kappa shape index (κ3) is 1.98. The fourth-order valence-electron chi connectivity index (χ4n) is 1.97. The topological polar surface area (TPSA) is 20.2 Å². The van der Waals surface area contributed by atoms with Crippen molar-refractivity contribution in [3.8, 4) is 0 Å². The van der Waals surface area contributed by atoms with Crippen molar-refractivity contribution in [1.82, 2.24) is 0 Å². The number of hydrogen-bond donors (Lipinski definition) is 1. The summed E-state index contributed by atoms with van der Waals surface area (Å²) in [7, 11) is 0. The lowest BCUT2D eigenvalue weighted by Crippen LogP contribution is -2.23. The van der Waals surface area contributed by atoms with E-state index in [2.05, 4.69) is 32.0 Å². The van der Waals surface area contributed by atoms with E-state index >= 15 is 0 Å². The maximum absolute atomic E-state index is 10.3. The summed E-state index contributed by atoms with van der Waals surface area (Å²) in [5, 5.41) is 10.3. The first-order valence-electron chi connectivity index (χ1n) is 5.34. The highest BCUT2D eigenvalue weighted by Crippen LogP contribution is 2.30. The van der Waals surface area contributed by atoms with Gasteiger partial charge in [0.1, 0.15) is 0 Å². The van der Waals surface area contributed by atoms with Crippen molar-refractivity contribution in [1.29, 1.82) is 0 Å². The van der Waals surface area contributed by atoms with Crippen LogP contribution in [0.4, 0.5) is 0 Å². The van der Waals surface area contributed by atoms with E-state index in [1.54, 1.807) is 0 Å². The van der Waals surface area contributed by atoms with E-state index in [0.29, 0.717) is 0 Å². The van der Waals surface area contributed by atoms with Crippen LogP contribution < -0.4 is 0 Å². The van der Waals surface area contributed by atoms with Crippen molar-refractivity contribution < 1.29 is 5.11 Å². The van der Waals surface area contributed by atoms with Crippen LogP contribution in [0, 0.1) is 6.92 Å². The Kier molecular flexibility index (Phi) is 3.33. The Balaban J connectivity index is 3.30. The van der Waals surface area contributed by atoms with Gasteiger partial charge in [0.25, 0.3) is 0 Å². The Labute approximate surface area is 86.8 Å². The Hall–Kier alpha value is -0.820. The Morgan fingerprint density at radius 3 is 2.43 bits per heavy atom. The molecule has 0 fully saturated rings. The Bertz CT molecular complexity index is 313. The molecule has 0 saturated heterocycles. The van der Waals surface area contributed by atoms with Crippen molar-refractivity contribution in [3.63, 3.8) is 0 Å². The average Bonchev–Trinajstić information content (AvgIpc) is 2.17. The fraction of sp³-hybridized carbons (Fsp3) is 0.538. The standard InChI is InChI=1S/C13H20O/c1-5-11-9-7-8-10(3)12(11)13(4,14)6-2/h7-9,14H,5-6H2,1-4H3. The summed E-state index contributed by atoms with van der Waals surface area (Å²) < 4.78 is 0. The van der Waals surface area contributed by atoms with Crippen LogP contribution in [0.1, 0.15) is 43.9 Å². The van der Waals surface area contributed by atoms with Gasteiger partial charge in [0, 0.05) is 0 Å². The molecule has 0 aliphatic carbocycles. The van der Waals surface area contributed by atoms with E-state index in [4.69, 9.17) is 0 Å². The lowest BCUT2D eigenvalue weighted by molar-refractivity contribution is 0.0515. The molecule has 0 aliphatic heterocycles. The summed E-state index contributed by atoms with van der Waals surface area (Å²) in [6.07, 6.45) is 1.73. The SMILES string of the molecule is CCc1cccc(C)c1C(C)(O)CC. The highest BCUT2D eigenvalue weighted by molar-refractivity contribution is 5.38. The van der Waals surface area contributed by atoms with Crippen molar-refractivity contribution in [3.05, 3.63) is 34.9 Å². The number of hydrogen-bond acceptors (Lipinski definition) is 1. The first kappa shape index (κ1) is 11.3. The van der Waals surface area contributed by atoms with Crippen LogP contribution in [-0.2, 0) is 12.0 Å². The Morgan fingerprint density at radius 2 is 1.93 bits per heavy atom. The van der Waals surface area contributed by atoms with E-state index in [1.807, 2.05) is 13.8 Å². The summed E-state index contributed by atoms with van der Waals surface area (Å²) >= 11 is 0. The van der Waals surface area contributed by atoms with E-state index in [9.17, 15) is 5.11 Å². The van der Waals surface area contributed by atoms with E-state index in [0.717, 1.165) is 18.4 Å². The third-order valence-corrected chi connectivity index (χ3v) is 2.97. The molecule has 1 rings (SSSR count). The third-order valence-electron chi connectivity index (χ3n) is 2.97. The van der Waals surface area contributed by atoms with Crippen LogP contribution in [0.5, 0.6) is 0 Å². The molecule has 0 bridgehead atoms. The van der Waals surface area contributed by atoms with Gasteiger partial charge in [-0.1, -0.05) is 32.0 Å². The molecule has 0 radical (unpaired) electrons.